The van der Waals surface area contributed by atoms with Crippen molar-refractivity contribution in [2.45, 2.75) is 25.3 Å². The molecule has 10 heteroatoms. The third-order valence-electron chi connectivity index (χ3n) is 5.10. The first-order valence-electron chi connectivity index (χ1n) is 11.3. The molecule has 3 rings (SSSR count). The van der Waals surface area contributed by atoms with Gasteiger partial charge >= 0.3 is 5.97 Å². The molecule has 0 saturated carbocycles. The maximum absolute atomic E-state index is 11.7. The van der Waals surface area contributed by atoms with Gasteiger partial charge in [0, 0.05) is 48.2 Å². The van der Waals surface area contributed by atoms with E-state index < -0.39 is 10.1 Å². The SMILES string of the molecule is CCOC(=O)c1cc[n+](Cc2ccc(N(CCCl)CCCl)cc2)cc1.Cc1ccc(S(=O)(=O)O)cc1. The van der Waals surface area contributed by atoms with E-state index in [4.69, 9.17) is 32.5 Å². The molecule has 0 spiro atoms. The van der Waals surface area contributed by atoms with Gasteiger partial charge in [-0.05, 0) is 38.1 Å². The summed E-state index contributed by atoms with van der Waals surface area (Å²) in [6.45, 7) is 6.30. The number of alkyl halides is 2. The first-order valence-corrected chi connectivity index (χ1v) is 13.8. The van der Waals surface area contributed by atoms with Gasteiger partial charge < -0.3 is 9.64 Å². The fraction of sp³-hybridized carbons (Fsp3) is 0.308. The summed E-state index contributed by atoms with van der Waals surface area (Å²) in [5.41, 5.74) is 3.81. The van der Waals surface area contributed by atoms with Crippen molar-refractivity contribution in [2.75, 3.05) is 36.4 Å². The summed E-state index contributed by atoms with van der Waals surface area (Å²) in [4.78, 5) is 13.8. The van der Waals surface area contributed by atoms with Crippen LogP contribution < -0.4 is 9.47 Å². The van der Waals surface area contributed by atoms with Gasteiger partial charge in [-0.15, -0.1) is 23.2 Å². The molecule has 1 heterocycles. The Balaban J connectivity index is 0.000000346. The minimum absolute atomic E-state index is 0.0666. The van der Waals surface area contributed by atoms with Crippen LogP contribution in [0, 0.1) is 6.92 Å². The highest BCUT2D eigenvalue weighted by Gasteiger charge is 2.10. The molecule has 36 heavy (non-hydrogen) atoms. The fourth-order valence-corrected chi connectivity index (χ4v) is 4.11. The average Bonchev–Trinajstić information content (AvgIpc) is 2.85. The topological polar surface area (TPSA) is 87.8 Å². The fourth-order valence-electron chi connectivity index (χ4n) is 3.22. The minimum atomic E-state index is -4.02. The number of esters is 1. The summed E-state index contributed by atoms with van der Waals surface area (Å²) in [5.74, 6) is 0.848. The van der Waals surface area contributed by atoms with Gasteiger partial charge in [-0.1, -0.05) is 29.8 Å². The molecule has 1 N–H and O–H groups in total. The molecule has 0 unspecified atom stereocenters. The normalized spacial score (nSPS) is 10.8. The number of carbonyl (C=O) groups is 1. The van der Waals surface area contributed by atoms with Crippen molar-refractivity contribution >= 4 is 45.0 Å². The molecular formula is C26H31Cl2N2O5S+. The number of hydrogen-bond donors (Lipinski definition) is 1. The van der Waals surface area contributed by atoms with E-state index in [2.05, 4.69) is 29.2 Å². The van der Waals surface area contributed by atoms with Crippen LogP contribution in [0.1, 0.15) is 28.4 Å². The van der Waals surface area contributed by atoms with Crippen LogP contribution >= 0.6 is 23.2 Å². The molecule has 0 aliphatic carbocycles. The Labute approximate surface area is 223 Å². The van der Waals surface area contributed by atoms with E-state index >= 15 is 0 Å². The number of benzene rings is 2. The zero-order chi connectivity index (χ0) is 26.6. The van der Waals surface area contributed by atoms with Crippen molar-refractivity contribution < 1.29 is 27.1 Å². The van der Waals surface area contributed by atoms with Crippen LogP contribution in [0.15, 0.2) is 78.0 Å². The van der Waals surface area contributed by atoms with E-state index in [0.717, 1.165) is 30.9 Å². The summed E-state index contributed by atoms with van der Waals surface area (Å²) in [7, 11) is -4.02. The van der Waals surface area contributed by atoms with Gasteiger partial charge in [0.1, 0.15) is 0 Å². The number of hydrogen-bond acceptors (Lipinski definition) is 5. The Morgan fingerprint density at radius 1 is 0.944 bits per heavy atom. The third-order valence-corrected chi connectivity index (χ3v) is 6.30. The number of aryl methyl sites for hydroxylation is 1. The van der Waals surface area contributed by atoms with Crippen molar-refractivity contribution in [3.05, 3.63) is 89.7 Å². The van der Waals surface area contributed by atoms with Crippen molar-refractivity contribution in [3.63, 3.8) is 0 Å². The lowest BCUT2D eigenvalue weighted by molar-refractivity contribution is -0.688. The maximum atomic E-state index is 11.7. The summed E-state index contributed by atoms with van der Waals surface area (Å²) >= 11 is 11.7. The molecule has 194 valence electrons. The van der Waals surface area contributed by atoms with Crippen molar-refractivity contribution in [1.82, 2.24) is 0 Å². The summed E-state index contributed by atoms with van der Waals surface area (Å²) < 4.78 is 36.6. The monoisotopic (exact) mass is 553 g/mol. The van der Waals surface area contributed by atoms with Gasteiger partial charge in [0.25, 0.3) is 10.1 Å². The lowest BCUT2D eigenvalue weighted by atomic mass is 10.2. The second-order valence-corrected chi connectivity index (χ2v) is 9.98. The van der Waals surface area contributed by atoms with Gasteiger partial charge in [0.05, 0.1) is 17.1 Å². The van der Waals surface area contributed by atoms with E-state index in [9.17, 15) is 13.2 Å². The molecule has 7 nitrogen and oxygen atoms in total. The quantitative estimate of drug-likeness (QED) is 0.169. The Morgan fingerprint density at radius 3 is 1.97 bits per heavy atom. The lowest BCUT2D eigenvalue weighted by Gasteiger charge is -2.22. The predicted octanol–water partition coefficient (Wildman–Crippen LogP) is 4.72. The molecule has 2 aromatic carbocycles. The zero-order valence-corrected chi connectivity index (χ0v) is 22.6. The Morgan fingerprint density at radius 2 is 1.50 bits per heavy atom. The van der Waals surface area contributed by atoms with Crippen LogP contribution in [-0.4, -0.2) is 50.4 Å². The molecule has 0 fully saturated rings. The van der Waals surface area contributed by atoms with Crippen molar-refractivity contribution in [1.29, 1.82) is 0 Å². The number of aromatic nitrogens is 1. The Hall–Kier alpha value is -2.65. The van der Waals surface area contributed by atoms with Crippen LogP contribution in [0.2, 0.25) is 0 Å². The smallest absolute Gasteiger partial charge is 0.338 e. The summed E-state index contributed by atoms with van der Waals surface area (Å²) in [6, 6.07) is 17.9. The number of carbonyl (C=O) groups excluding carboxylic acids is 1. The number of rotatable bonds is 10. The van der Waals surface area contributed by atoms with E-state index in [-0.39, 0.29) is 10.9 Å². The van der Waals surface area contributed by atoms with Gasteiger partial charge in [-0.25, -0.2) is 9.36 Å². The number of halogens is 2. The highest BCUT2D eigenvalue weighted by atomic mass is 35.5. The molecule has 3 aromatic rings. The van der Waals surface area contributed by atoms with Crippen LogP contribution in [0.5, 0.6) is 0 Å². The number of anilines is 1. The number of pyridine rings is 1. The standard InChI is InChI=1S/C19H23Cl2N2O2.C7H8O3S/c1-2-25-19(24)17-7-11-22(12-8-17)15-16-3-5-18(6-4-16)23(13-9-20)14-10-21;1-6-2-4-7(5-3-6)11(8,9)10/h3-8,11-12H,2,9-10,13-15H2,1H3;2-5H,1H3,(H,8,9,10)/q+1;. The van der Waals surface area contributed by atoms with Gasteiger partial charge in [-0.2, -0.15) is 8.42 Å². The largest absolute Gasteiger partial charge is 0.462 e. The highest BCUT2D eigenvalue weighted by Crippen LogP contribution is 2.15. The average molecular weight is 555 g/mol. The molecule has 0 bridgehead atoms. The number of nitrogens with zero attached hydrogens (tertiary/aromatic N) is 2. The summed E-state index contributed by atoms with van der Waals surface area (Å²) in [5, 5.41) is 0. The first kappa shape index (κ1) is 29.6. The maximum Gasteiger partial charge on any atom is 0.338 e. The molecule has 1 aromatic heterocycles. The number of ether oxygens (including phenoxy) is 1. The molecule has 0 saturated heterocycles. The second-order valence-electron chi connectivity index (χ2n) is 7.80. The van der Waals surface area contributed by atoms with Gasteiger partial charge in [-0.3, -0.25) is 4.55 Å². The molecule has 0 radical (unpaired) electrons. The minimum Gasteiger partial charge on any atom is -0.462 e. The molecule has 0 amide bonds. The first-order chi connectivity index (χ1) is 17.2. The molecule has 0 aliphatic heterocycles. The molecular weight excluding hydrogens is 523 g/mol. The lowest BCUT2D eigenvalue weighted by Crippen LogP contribution is -2.33. The van der Waals surface area contributed by atoms with Crippen molar-refractivity contribution in [3.8, 4) is 0 Å². The zero-order valence-electron chi connectivity index (χ0n) is 20.3. The molecule has 0 aliphatic rings. The van der Waals surface area contributed by atoms with Crippen molar-refractivity contribution in [2.24, 2.45) is 0 Å². The van der Waals surface area contributed by atoms with E-state index in [0.29, 0.717) is 23.9 Å². The Kier molecular flexibility index (Phi) is 12.2. The highest BCUT2D eigenvalue weighted by molar-refractivity contribution is 7.85. The van der Waals surface area contributed by atoms with E-state index in [1.807, 2.05) is 23.9 Å². The predicted molar refractivity (Wildman–Crippen MR) is 143 cm³/mol. The molecule has 0 atom stereocenters. The van der Waals surface area contributed by atoms with Crippen LogP contribution in [0.3, 0.4) is 0 Å². The second kappa shape index (κ2) is 14.8. The Bertz CT molecular complexity index is 1180. The van der Waals surface area contributed by atoms with E-state index in [1.165, 1.54) is 17.7 Å². The van der Waals surface area contributed by atoms with Crippen LogP contribution in [0.4, 0.5) is 5.69 Å². The summed E-state index contributed by atoms with van der Waals surface area (Å²) in [6.07, 6.45) is 3.76. The van der Waals surface area contributed by atoms with Gasteiger partial charge in [0.15, 0.2) is 18.9 Å². The third kappa shape index (κ3) is 9.78. The van der Waals surface area contributed by atoms with Crippen LogP contribution in [-0.2, 0) is 21.4 Å². The van der Waals surface area contributed by atoms with Crippen LogP contribution in [0.25, 0.3) is 0 Å². The van der Waals surface area contributed by atoms with E-state index in [1.54, 1.807) is 31.2 Å². The van der Waals surface area contributed by atoms with Gasteiger partial charge in [0.2, 0.25) is 0 Å².